The molecule has 0 saturated heterocycles. The second-order valence-corrected chi connectivity index (χ2v) is 6.40. The second kappa shape index (κ2) is 7.82. The lowest BCUT2D eigenvalue weighted by Crippen LogP contribution is -2.24. The average Bonchev–Trinajstić information content (AvgIpc) is 2.37. The van der Waals surface area contributed by atoms with Crippen LogP contribution in [0.3, 0.4) is 0 Å². The minimum Gasteiger partial charge on any atom is -0.330 e. The van der Waals surface area contributed by atoms with Gasteiger partial charge in [0.15, 0.2) is 0 Å². The summed E-state index contributed by atoms with van der Waals surface area (Å²) in [7, 11) is 4.28. The minimum absolute atomic E-state index is 0.462. The largest absolute Gasteiger partial charge is 0.330 e. The first kappa shape index (κ1) is 15.5. The van der Waals surface area contributed by atoms with Gasteiger partial charge in [-0.15, -0.1) is 11.8 Å². The van der Waals surface area contributed by atoms with E-state index < -0.39 is 0 Å². The summed E-state index contributed by atoms with van der Waals surface area (Å²) in [5, 5.41) is 0. The summed E-state index contributed by atoms with van der Waals surface area (Å²) < 4.78 is 0. The van der Waals surface area contributed by atoms with Crippen LogP contribution in [0.2, 0.25) is 0 Å². The van der Waals surface area contributed by atoms with Crippen molar-refractivity contribution in [3.63, 3.8) is 0 Å². The lowest BCUT2D eigenvalue weighted by Gasteiger charge is -2.27. The first-order valence-corrected chi connectivity index (χ1v) is 7.66. The molecule has 2 unspecified atom stereocenters. The van der Waals surface area contributed by atoms with Crippen molar-refractivity contribution < 1.29 is 0 Å². The molecule has 0 fully saturated rings. The van der Waals surface area contributed by atoms with Gasteiger partial charge < -0.3 is 10.6 Å². The summed E-state index contributed by atoms with van der Waals surface area (Å²) in [4.78, 5) is 3.64. The van der Waals surface area contributed by atoms with Crippen LogP contribution in [0.1, 0.15) is 31.9 Å². The zero-order valence-electron chi connectivity index (χ0n) is 12.0. The Labute approximate surface area is 116 Å². The fraction of sp³-hybridized carbons (Fsp3) is 0.600. The van der Waals surface area contributed by atoms with Crippen molar-refractivity contribution >= 4 is 11.8 Å². The van der Waals surface area contributed by atoms with E-state index in [4.69, 9.17) is 5.73 Å². The van der Waals surface area contributed by atoms with E-state index >= 15 is 0 Å². The van der Waals surface area contributed by atoms with Gasteiger partial charge in [0.2, 0.25) is 0 Å². The van der Waals surface area contributed by atoms with Gasteiger partial charge in [-0.05, 0) is 56.4 Å². The van der Waals surface area contributed by atoms with E-state index in [9.17, 15) is 0 Å². The molecule has 1 aromatic rings. The fourth-order valence-electron chi connectivity index (χ4n) is 2.08. The van der Waals surface area contributed by atoms with Gasteiger partial charge in [0.25, 0.3) is 0 Å². The Morgan fingerprint density at radius 3 is 2.28 bits per heavy atom. The highest BCUT2D eigenvalue weighted by molar-refractivity contribution is 7.99. The van der Waals surface area contributed by atoms with Crippen molar-refractivity contribution in [2.75, 3.05) is 26.4 Å². The Bertz CT molecular complexity index is 335. The van der Waals surface area contributed by atoms with Gasteiger partial charge in [-0.25, -0.2) is 0 Å². The van der Waals surface area contributed by atoms with E-state index in [2.05, 4.69) is 57.1 Å². The lowest BCUT2D eigenvalue weighted by molar-refractivity contribution is 0.255. The first-order valence-electron chi connectivity index (χ1n) is 6.67. The molecule has 1 rings (SSSR count). The molecule has 0 aliphatic rings. The molecule has 0 radical (unpaired) electrons. The molecule has 102 valence electrons. The number of thioether (sulfide) groups is 1. The van der Waals surface area contributed by atoms with Crippen LogP contribution in [-0.2, 0) is 0 Å². The van der Waals surface area contributed by atoms with E-state index in [1.54, 1.807) is 0 Å². The molecular weight excluding hydrogens is 240 g/mol. The van der Waals surface area contributed by atoms with E-state index in [-0.39, 0.29) is 0 Å². The van der Waals surface area contributed by atoms with Gasteiger partial charge in [-0.1, -0.05) is 26.0 Å². The summed E-state index contributed by atoms with van der Waals surface area (Å²) in [6, 6.07) is 9.43. The smallest absolute Gasteiger partial charge is 0.0345 e. The monoisotopic (exact) mass is 266 g/mol. The van der Waals surface area contributed by atoms with E-state index in [0.29, 0.717) is 12.0 Å². The highest BCUT2D eigenvalue weighted by Crippen LogP contribution is 2.27. The molecule has 0 bridgehead atoms. The minimum atomic E-state index is 0.462. The van der Waals surface area contributed by atoms with Crippen LogP contribution in [0.4, 0.5) is 0 Å². The molecule has 0 saturated carbocycles. The van der Waals surface area contributed by atoms with E-state index in [1.807, 2.05) is 11.8 Å². The van der Waals surface area contributed by atoms with E-state index in [0.717, 1.165) is 18.7 Å². The molecule has 0 aliphatic heterocycles. The van der Waals surface area contributed by atoms with Crippen molar-refractivity contribution in [1.29, 1.82) is 0 Å². The summed E-state index contributed by atoms with van der Waals surface area (Å²) in [5.74, 6) is 1.68. The van der Waals surface area contributed by atoms with Crippen LogP contribution in [0, 0.1) is 5.92 Å². The quantitative estimate of drug-likeness (QED) is 0.767. The molecule has 0 aliphatic carbocycles. The number of hydrogen-bond acceptors (Lipinski definition) is 3. The van der Waals surface area contributed by atoms with Gasteiger partial charge in [-0.3, -0.25) is 0 Å². The maximum atomic E-state index is 5.74. The third-order valence-corrected chi connectivity index (χ3v) is 4.12. The molecular formula is C15H26N2S. The van der Waals surface area contributed by atoms with Gasteiger partial charge in [0.05, 0.1) is 0 Å². The number of nitrogens with zero attached hydrogens (tertiary/aromatic N) is 1. The summed E-state index contributed by atoms with van der Waals surface area (Å²) in [6.45, 7) is 5.16. The number of hydrogen-bond donors (Lipinski definition) is 1. The maximum Gasteiger partial charge on any atom is 0.0345 e. The highest BCUT2D eigenvalue weighted by Gasteiger charge is 2.16. The topological polar surface area (TPSA) is 29.3 Å². The van der Waals surface area contributed by atoms with Crippen molar-refractivity contribution in [2.45, 2.75) is 31.2 Å². The molecule has 3 heteroatoms. The zero-order chi connectivity index (χ0) is 13.5. The molecule has 0 aromatic heterocycles. The normalized spacial score (nSPS) is 14.8. The lowest BCUT2D eigenvalue weighted by atomic mass is 9.95. The first-order chi connectivity index (χ1) is 8.58. The molecule has 2 N–H and O–H groups in total. The third kappa shape index (κ3) is 4.63. The zero-order valence-corrected chi connectivity index (χ0v) is 12.8. The fourth-order valence-corrected chi connectivity index (χ4v) is 2.74. The Kier molecular flexibility index (Phi) is 6.76. The van der Waals surface area contributed by atoms with Crippen LogP contribution >= 0.6 is 11.8 Å². The van der Waals surface area contributed by atoms with E-state index in [1.165, 1.54) is 10.5 Å². The summed E-state index contributed by atoms with van der Waals surface area (Å²) >= 11 is 1.89. The van der Waals surface area contributed by atoms with Crippen molar-refractivity contribution in [3.05, 3.63) is 29.8 Å². The van der Waals surface area contributed by atoms with Crippen LogP contribution in [0.15, 0.2) is 29.2 Å². The predicted molar refractivity (Wildman–Crippen MR) is 82.1 cm³/mol. The molecule has 0 heterocycles. The van der Waals surface area contributed by atoms with Crippen LogP contribution in [-0.4, -0.2) is 31.3 Å². The van der Waals surface area contributed by atoms with Gasteiger partial charge in [-0.2, -0.15) is 0 Å². The molecule has 18 heavy (non-hydrogen) atoms. The Hall–Kier alpha value is -0.510. The summed E-state index contributed by atoms with van der Waals surface area (Å²) in [6.07, 6.45) is 1.11. The summed E-state index contributed by atoms with van der Waals surface area (Å²) in [5.41, 5.74) is 7.13. The molecule has 0 spiro atoms. The van der Waals surface area contributed by atoms with Crippen LogP contribution in [0.25, 0.3) is 0 Å². The molecule has 0 amide bonds. The van der Waals surface area contributed by atoms with Crippen molar-refractivity contribution in [2.24, 2.45) is 11.7 Å². The number of benzene rings is 1. The second-order valence-electron chi connectivity index (χ2n) is 5.06. The highest BCUT2D eigenvalue weighted by atomic mass is 32.2. The molecule has 2 atom stereocenters. The van der Waals surface area contributed by atoms with Gasteiger partial charge in [0.1, 0.15) is 0 Å². The van der Waals surface area contributed by atoms with Crippen LogP contribution < -0.4 is 5.73 Å². The van der Waals surface area contributed by atoms with Gasteiger partial charge >= 0.3 is 0 Å². The van der Waals surface area contributed by atoms with Crippen molar-refractivity contribution in [1.82, 2.24) is 4.90 Å². The maximum absolute atomic E-state index is 5.74. The molecule has 1 aromatic carbocycles. The Balaban J connectivity index is 2.79. The number of nitrogens with two attached hydrogens (primary N) is 1. The Morgan fingerprint density at radius 2 is 1.83 bits per heavy atom. The van der Waals surface area contributed by atoms with Crippen LogP contribution in [0.5, 0.6) is 0 Å². The Morgan fingerprint density at radius 1 is 1.22 bits per heavy atom. The standard InChI is InChI=1S/C15H26N2S/c1-5-18-14-8-6-13(7-9-14)15(17(3)4)10-12(2)11-16/h6-9,12,15H,5,10-11,16H2,1-4H3. The van der Waals surface area contributed by atoms with Gasteiger partial charge in [0, 0.05) is 10.9 Å². The predicted octanol–water partition coefficient (Wildman–Crippen LogP) is 3.39. The number of rotatable bonds is 7. The molecule has 2 nitrogen and oxygen atoms in total. The van der Waals surface area contributed by atoms with Crippen molar-refractivity contribution in [3.8, 4) is 0 Å². The third-order valence-electron chi connectivity index (χ3n) is 3.23. The SMILES string of the molecule is CCSc1ccc(C(CC(C)CN)N(C)C)cc1. The average molecular weight is 266 g/mol.